The summed E-state index contributed by atoms with van der Waals surface area (Å²) >= 11 is 0. The van der Waals surface area contributed by atoms with E-state index in [2.05, 4.69) is 24.2 Å². The number of nitrogens with one attached hydrogen (secondary N) is 1. The van der Waals surface area contributed by atoms with E-state index in [1.807, 2.05) is 4.90 Å². The first-order chi connectivity index (χ1) is 7.68. The number of morpholine rings is 1. The number of amides is 1. The zero-order valence-electron chi connectivity index (χ0n) is 10.1. The van der Waals surface area contributed by atoms with Gasteiger partial charge in [-0.1, -0.05) is 0 Å². The first-order valence-corrected chi connectivity index (χ1v) is 5.98. The largest absolute Gasteiger partial charge is 0.378 e. The van der Waals surface area contributed by atoms with Crippen LogP contribution < -0.4 is 5.32 Å². The Balaban J connectivity index is 1.89. The van der Waals surface area contributed by atoms with Gasteiger partial charge in [-0.05, 0) is 14.0 Å². The van der Waals surface area contributed by atoms with Crippen LogP contribution in [0.5, 0.6) is 0 Å². The fourth-order valence-corrected chi connectivity index (χ4v) is 2.19. The number of likely N-dealkylation sites (N-methyl/N-ethyl adjacent to an activating group) is 1. The Hall–Kier alpha value is -0.650. The summed E-state index contributed by atoms with van der Waals surface area (Å²) in [5.41, 5.74) is 0. The molecule has 0 spiro atoms. The van der Waals surface area contributed by atoms with E-state index in [9.17, 15) is 4.79 Å². The zero-order chi connectivity index (χ0) is 11.5. The molecule has 2 aliphatic heterocycles. The average molecular weight is 227 g/mol. The molecule has 0 aromatic rings. The number of hydrogen-bond acceptors (Lipinski definition) is 4. The molecule has 0 aromatic carbocycles. The molecule has 2 aliphatic rings. The fraction of sp³-hybridized carbons (Fsp3) is 0.909. The third-order valence-corrected chi connectivity index (χ3v) is 3.49. The smallest absolute Gasteiger partial charge is 0.242 e. The molecular formula is C11H21N3O2. The molecule has 0 aromatic heterocycles. The van der Waals surface area contributed by atoms with Gasteiger partial charge in [-0.3, -0.25) is 4.79 Å². The zero-order valence-corrected chi connectivity index (χ0v) is 10.1. The maximum absolute atomic E-state index is 12.2. The van der Waals surface area contributed by atoms with Gasteiger partial charge in [-0.2, -0.15) is 0 Å². The second-order valence-electron chi connectivity index (χ2n) is 4.70. The van der Waals surface area contributed by atoms with Crippen molar-refractivity contribution in [2.24, 2.45) is 0 Å². The fourth-order valence-electron chi connectivity index (χ4n) is 2.19. The van der Waals surface area contributed by atoms with Crippen LogP contribution in [0.15, 0.2) is 0 Å². The average Bonchev–Trinajstić information content (AvgIpc) is 2.33. The van der Waals surface area contributed by atoms with Crippen LogP contribution in [0.2, 0.25) is 0 Å². The van der Waals surface area contributed by atoms with Crippen molar-refractivity contribution in [2.75, 3.05) is 46.4 Å². The van der Waals surface area contributed by atoms with Gasteiger partial charge < -0.3 is 19.9 Å². The van der Waals surface area contributed by atoms with Gasteiger partial charge >= 0.3 is 0 Å². The molecule has 1 N–H and O–H groups in total. The van der Waals surface area contributed by atoms with Crippen LogP contribution in [-0.4, -0.2) is 74.2 Å². The number of piperazine rings is 1. The molecule has 2 heterocycles. The van der Waals surface area contributed by atoms with Gasteiger partial charge in [0.05, 0.1) is 13.2 Å². The topological polar surface area (TPSA) is 44.8 Å². The van der Waals surface area contributed by atoms with Crippen molar-refractivity contribution >= 4 is 5.91 Å². The summed E-state index contributed by atoms with van der Waals surface area (Å²) in [4.78, 5) is 16.4. The normalized spacial score (nSPS) is 32.8. The molecule has 2 fully saturated rings. The van der Waals surface area contributed by atoms with E-state index < -0.39 is 0 Å². The predicted molar refractivity (Wildman–Crippen MR) is 61.3 cm³/mol. The lowest BCUT2D eigenvalue weighted by Gasteiger charge is -2.39. The Labute approximate surface area is 96.7 Å². The SMILES string of the molecule is CC1CN(C(=O)C2COCCN2)CCN1C. The van der Waals surface area contributed by atoms with Crippen molar-refractivity contribution in [3.63, 3.8) is 0 Å². The van der Waals surface area contributed by atoms with Crippen molar-refractivity contribution in [2.45, 2.75) is 19.0 Å². The molecule has 5 heteroatoms. The van der Waals surface area contributed by atoms with Crippen LogP contribution in [0.3, 0.4) is 0 Å². The van der Waals surface area contributed by atoms with Crippen LogP contribution in [0, 0.1) is 0 Å². The highest BCUT2D eigenvalue weighted by molar-refractivity contribution is 5.82. The third kappa shape index (κ3) is 2.53. The molecular weight excluding hydrogens is 206 g/mol. The number of hydrogen-bond donors (Lipinski definition) is 1. The molecule has 1 amide bonds. The summed E-state index contributed by atoms with van der Waals surface area (Å²) in [5.74, 6) is 0.194. The minimum Gasteiger partial charge on any atom is -0.378 e. The van der Waals surface area contributed by atoms with Crippen molar-refractivity contribution < 1.29 is 9.53 Å². The molecule has 16 heavy (non-hydrogen) atoms. The molecule has 2 unspecified atom stereocenters. The molecule has 0 bridgehead atoms. The Morgan fingerprint density at radius 1 is 1.44 bits per heavy atom. The van der Waals surface area contributed by atoms with E-state index in [0.717, 1.165) is 26.2 Å². The van der Waals surface area contributed by atoms with Crippen LogP contribution in [-0.2, 0) is 9.53 Å². The number of nitrogens with zero attached hydrogens (tertiary/aromatic N) is 2. The number of carbonyl (C=O) groups excluding carboxylic acids is 1. The molecule has 92 valence electrons. The quantitative estimate of drug-likeness (QED) is 0.633. The van der Waals surface area contributed by atoms with Gasteiger partial charge in [0.2, 0.25) is 5.91 Å². The van der Waals surface area contributed by atoms with Crippen molar-refractivity contribution in [3.8, 4) is 0 Å². The lowest BCUT2D eigenvalue weighted by atomic mass is 10.1. The van der Waals surface area contributed by atoms with Crippen LogP contribution in [0.4, 0.5) is 0 Å². The maximum atomic E-state index is 12.2. The summed E-state index contributed by atoms with van der Waals surface area (Å²) in [7, 11) is 2.11. The molecule has 5 nitrogen and oxygen atoms in total. The summed E-state index contributed by atoms with van der Waals surface area (Å²) < 4.78 is 5.32. The summed E-state index contributed by atoms with van der Waals surface area (Å²) in [5, 5.41) is 3.21. The maximum Gasteiger partial charge on any atom is 0.242 e. The van der Waals surface area contributed by atoms with E-state index in [0.29, 0.717) is 19.3 Å². The lowest BCUT2D eigenvalue weighted by Crippen LogP contribution is -2.58. The van der Waals surface area contributed by atoms with Gasteiger partial charge in [-0.25, -0.2) is 0 Å². The summed E-state index contributed by atoms with van der Waals surface area (Å²) in [6, 6.07) is 0.312. The van der Waals surface area contributed by atoms with Crippen molar-refractivity contribution in [1.82, 2.24) is 15.1 Å². The number of rotatable bonds is 1. The second-order valence-corrected chi connectivity index (χ2v) is 4.70. The molecule has 2 atom stereocenters. The molecule has 0 saturated carbocycles. The van der Waals surface area contributed by atoms with Gasteiger partial charge in [0.15, 0.2) is 0 Å². The van der Waals surface area contributed by atoms with E-state index in [1.165, 1.54) is 0 Å². The molecule has 2 rings (SSSR count). The number of carbonyl (C=O) groups is 1. The van der Waals surface area contributed by atoms with Crippen LogP contribution >= 0.6 is 0 Å². The van der Waals surface area contributed by atoms with Gasteiger partial charge in [-0.15, -0.1) is 0 Å². The van der Waals surface area contributed by atoms with E-state index in [4.69, 9.17) is 4.74 Å². The van der Waals surface area contributed by atoms with E-state index in [1.54, 1.807) is 0 Å². The Bertz CT molecular complexity index is 254. The van der Waals surface area contributed by atoms with Gasteiger partial charge in [0.25, 0.3) is 0 Å². The monoisotopic (exact) mass is 227 g/mol. The first-order valence-electron chi connectivity index (χ1n) is 5.98. The van der Waals surface area contributed by atoms with E-state index >= 15 is 0 Å². The molecule has 0 radical (unpaired) electrons. The predicted octanol–water partition coefficient (Wildman–Crippen LogP) is -0.863. The van der Waals surface area contributed by atoms with Crippen LogP contribution in [0.1, 0.15) is 6.92 Å². The van der Waals surface area contributed by atoms with Gasteiger partial charge in [0, 0.05) is 32.2 Å². The van der Waals surface area contributed by atoms with Crippen molar-refractivity contribution in [1.29, 1.82) is 0 Å². The minimum absolute atomic E-state index is 0.135. The minimum atomic E-state index is -0.135. The Kier molecular flexibility index (Phi) is 3.78. The Morgan fingerprint density at radius 2 is 2.25 bits per heavy atom. The van der Waals surface area contributed by atoms with E-state index in [-0.39, 0.29) is 11.9 Å². The lowest BCUT2D eigenvalue weighted by molar-refractivity contribution is -0.139. The Morgan fingerprint density at radius 3 is 2.88 bits per heavy atom. The first kappa shape index (κ1) is 11.8. The van der Waals surface area contributed by atoms with Crippen LogP contribution in [0.25, 0.3) is 0 Å². The number of ether oxygens (including phenoxy) is 1. The second kappa shape index (κ2) is 5.12. The standard InChI is InChI=1S/C11H21N3O2/c1-9-7-14(5-4-13(9)2)11(15)10-8-16-6-3-12-10/h9-10,12H,3-8H2,1-2H3. The summed E-state index contributed by atoms with van der Waals surface area (Å²) in [6.07, 6.45) is 0. The highest BCUT2D eigenvalue weighted by Crippen LogP contribution is 2.09. The third-order valence-electron chi connectivity index (χ3n) is 3.49. The summed E-state index contributed by atoms with van der Waals surface area (Å²) in [6.45, 7) is 6.78. The van der Waals surface area contributed by atoms with Gasteiger partial charge in [0.1, 0.15) is 6.04 Å². The molecule has 0 aliphatic carbocycles. The highest BCUT2D eigenvalue weighted by atomic mass is 16.5. The molecule has 2 saturated heterocycles. The van der Waals surface area contributed by atoms with Crippen molar-refractivity contribution in [3.05, 3.63) is 0 Å². The highest BCUT2D eigenvalue weighted by Gasteiger charge is 2.30.